The molecule has 1 N–H and O–H groups in total. The van der Waals surface area contributed by atoms with Gasteiger partial charge in [-0.1, -0.05) is 18.9 Å². The molecule has 0 atom stereocenters. The van der Waals surface area contributed by atoms with E-state index in [0.29, 0.717) is 5.54 Å². The van der Waals surface area contributed by atoms with Gasteiger partial charge in [-0.2, -0.15) is 0 Å². The number of hydrogen-bond donors (Lipinski definition) is 1. The van der Waals surface area contributed by atoms with E-state index in [2.05, 4.69) is 45.2 Å². The van der Waals surface area contributed by atoms with Crippen LogP contribution >= 0.6 is 0 Å². The first-order chi connectivity index (χ1) is 10.3. The normalized spacial score (nSPS) is 22.9. The first-order valence-corrected chi connectivity index (χ1v) is 8.23. The maximum absolute atomic E-state index is 4.75. The molecule has 2 aromatic rings. The van der Waals surface area contributed by atoms with Crippen molar-refractivity contribution < 1.29 is 0 Å². The summed E-state index contributed by atoms with van der Waals surface area (Å²) in [6.45, 7) is 4.51. The van der Waals surface area contributed by atoms with Crippen molar-refractivity contribution in [3.63, 3.8) is 0 Å². The van der Waals surface area contributed by atoms with Crippen molar-refractivity contribution >= 4 is 5.65 Å². The Morgan fingerprint density at radius 1 is 1.19 bits per heavy atom. The molecule has 1 saturated carbocycles. The molecule has 112 valence electrons. The fourth-order valence-electron chi connectivity index (χ4n) is 4.03. The SMILES string of the molecule is c1ccn2cc(CN3CCCNC4(CCCC4)C3)nc2c1. The van der Waals surface area contributed by atoms with Gasteiger partial charge in [-0.15, -0.1) is 0 Å². The number of aromatic nitrogens is 2. The fraction of sp³-hybridized carbons (Fsp3) is 0.588. The van der Waals surface area contributed by atoms with Crippen LogP contribution in [0.5, 0.6) is 0 Å². The maximum Gasteiger partial charge on any atom is 0.137 e. The van der Waals surface area contributed by atoms with E-state index in [1.54, 1.807) is 0 Å². The summed E-state index contributed by atoms with van der Waals surface area (Å²) in [4.78, 5) is 7.36. The molecule has 4 rings (SSSR count). The molecule has 1 spiro atoms. The Morgan fingerprint density at radius 3 is 2.95 bits per heavy atom. The number of pyridine rings is 1. The van der Waals surface area contributed by atoms with Crippen molar-refractivity contribution in [2.45, 2.75) is 44.2 Å². The van der Waals surface area contributed by atoms with Gasteiger partial charge in [-0.3, -0.25) is 4.90 Å². The third-order valence-electron chi connectivity index (χ3n) is 5.04. The first-order valence-electron chi connectivity index (χ1n) is 8.23. The van der Waals surface area contributed by atoms with Crippen molar-refractivity contribution in [3.05, 3.63) is 36.3 Å². The minimum absolute atomic E-state index is 0.385. The second-order valence-corrected chi connectivity index (χ2v) is 6.68. The molecule has 0 amide bonds. The number of imidazole rings is 1. The molecule has 1 aliphatic carbocycles. The van der Waals surface area contributed by atoms with Crippen LogP contribution in [-0.2, 0) is 6.54 Å². The van der Waals surface area contributed by atoms with Gasteiger partial charge < -0.3 is 9.72 Å². The monoisotopic (exact) mass is 284 g/mol. The van der Waals surface area contributed by atoms with E-state index < -0.39 is 0 Å². The zero-order chi connectivity index (χ0) is 14.1. The Bertz CT molecular complexity index is 579. The van der Waals surface area contributed by atoms with E-state index >= 15 is 0 Å². The highest BCUT2D eigenvalue weighted by atomic mass is 15.2. The average Bonchev–Trinajstić information content (AvgIpc) is 3.04. The fourth-order valence-corrected chi connectivity index (χ4v) is 4.03. The molecule has 2 aliphatic rings. The average molecular weight is 284 g/mol. The molecular weight excluding hydrogens is 260 g/mol. The Hall–Kier alpha value is -1.39. The van der Waals surface area contributed by atoms with Crippen LogP contribution < -0.4 is 5.32 Å². The highest BCUT2D eigenvalue weighted by molar-refractivity contribution is 5.39. The highest BCUT2D eigenvalue weighted by Gasteiger charge is 2.36. The number of hydrogen-bond acceptors (Lipinski definition) is 3. The second-order valence-electron chi connectivity index (χ2n) is 6.68. The lowest BCUT2D eigenvalue weighted by atomic mass is 9.97. The molecule has 21 heavy (non-hydrogen) atoms. The molecule has 0 unspecified atom stereocenters. The number of rotatable bonds is 2. The Morgan fingerprint density at radius 2 is 2.10 bits per heavy atom. The van der Waals surface area contributed by atoms with Crippen LogP contribution in [0.25, 0.3) is 5.65 Å². The molecule has 0 radical (unpaired) electrons. The zero-order valence-electron chi connectivity index (χ0n) is 12.6. The van der Waals surface area contributed by atoms with Crippen LogP contribution in [0.2, 0.25) is 0 Å². The number of nitrogens with one attached hydrogen (secondary N) is 1. The maximum atomic E-state index is 4.75. The topological polar surface area (TPSA) is 32.6 Å². The minimum Gasteiger partial charge on any atom is -0.310 e. The van der Waals surface area contributed by atoms with E-state index in [4.69, 9.17) is 4.98 Å². The molecule has 2 fully saturated rings. The summed E-state index contributed by atoms with van der Waals surface area (Å²) < 4.78 is 2.12. The lowest BCUT2D eigenvalue weighted by Gasteiger charge is -2.33. The standard InChI is InChI=1S/C17H24N4/c1-4-11-21-13-15(19-16(21)6-1)12-20-10-5-9-18-17(14-20)7-2-3-8-17/h1,4,6,11,13,18H,2-3,5,7-10,12,14H2. The zero-order valence-corrected chi connectivity index (χ0v) is 12.6. The molecule has 4 nitrogen and oxygen atoms in total. The number of nitrogens with zero attached hydrogens (tertiary/aromatic N) is 3. The summed E-state index contributed by atoms with van der Waals surface area (Å²) in [6.07, 6.45) is 11.0. The van der Waals surface area contributed by atoms with E-state index in [9.17, 15) is 0 Å². The predicted octanol–water partition coefficient (Wildman–Crippen LogP) is 2.44. The molecule has 4 heteroatoms. The molecule has 3 heterocycles. The highest BCUT2D eigenvalue weighted by Crippen LogP contribution is 2.32. The van der Waals surface area contributed by atoms with Crippen LogP contribution in [0.15, 0.2) is 30.6 Å². The lowest BCUT2D eigenvalue weighted by Crippen LogP contribution is -2.49. The summed E-state index contributed by atoms with van der Waals surface area (Å²) >= 11 is 0. The minimum atomic E-state index is 0.385. The van der Waals surface area contributed by atoms with Crippen LogP contribution in [-0.4, -0.2) is 39.5 Å². The van der Waals surface area contributed by atoms with Crippen LogP contribution in [0.4, 0.5) is 0 Å². The van der Waals surface area contributed by atoms with E-state index in [1.807, 2.05) is 0 Å². The van der Waals surface area contributed by atoms with Gasteiger partial charge in [0.05, 0.1) is 5.69 Å². The van der Waals surface area contributed by atoms with Crippen molar-refractivity contribution in [2.75, 3.05) is 19.6 Å². The van der Waals surface area contributed by atoms with Crippen molar-refractivity contribution in [1.82, 2.24) is 19.6 Å². The smallest absolute Gasteiger partial charge is 0.137 e. The van der Waals surface area contributed by atoms with Crippen LogP contribution in [0.1, 0.15) is 37.8 Å². The summed E-state index contributed by atoms with van der Waals surface area (Å²) in [5.74, 6) is 0. The summed E-state index contributed by atoms with van der Waals surface area (Å²) in [5, 5.41) is 3.83. The largest absolute Gasteiger partial charge is 0.310 e. The van der Waals surface area contributed by atoms with Crippen molar-refractivity contribution in [1.29, 1.82) is 0 Å². The Kier molecular flexibility index (Phi) is 3.43. The summed E-state index contributed by atoms with van der Waals surface area (Å²) in [6, 6.07) is 6.18. The molecule has 2 aromatic heterocycles. The van der Waals surface area contributed by atoms with Gasteiger partial charge in [-0.05, 0) is 44.5 Å². The molecular formula is C17H24N4. The summed E-state index contributed by atoms with van der Waals surface area (Å²) in [5.41, 5.74) is 2.63. The van der Waals surface area contributed by atoms with Gasteiger partial charge in [0, 0.05) is 31.0 Å². The van der Waals surface area contributed by atoms with Gasteiger partial charge in [0.1, 0.15) is 5.65 Å². The molecule has 1 saturated heterocycles. The number of fused-ring (bicyclic) bond motifs is 1. The third-order valence-corrected chi connectivity index (χ3v) is 5.04. The summed E-state index contributed by atoms with van der Waals surface area (Å²) in [7, 11) is 0. The van der Waals surface area contributed by atoms with E-state index in [0.717, 1.165) is 12.2 Å². The van der Waals surface area contributed by atoms with Gasteiger partial charge in [0.2, 0.25) is 0 Å². The predicted molar refractivity (Wildman–Crippen MR) is 84.3 cm³/mol. The second kappa shape index (κ2) is 5.43. The lowest BCUT2D eigenvalue weighted by molar-refractivity contribution is 0.202. The van der Waals surface area contributed by atoms with Crippen molar-refractivity contribution in [3.8, 4) is 0 Å². The Labute approximate surface area is 126 Å². The van der Waals surface area contributed by atoms with E-state index in [-0.39, 0.29) is 0 Å². The quantitative estimate of drug-likeness (QED) is 0.919. The van der Waals surface area contributed by atoms with Gasteiger partial charge >= 0.3 is 0 Å². The van der Waals surface area contributed by atoms with Gasteiger partial charge in [0.15, 0.2) is 0 Å². The van der Waals surface area contributed by atoms with Gasteiger partial charge in [0.25, 0.3) is 0 Å². The van der Waals surface area contributed by atoms with Crippen molar-refractivity contribution in [2.24, 2.45) is 0 Å². The van der Waals surface area contributed by atoms with Crippen LogP contribution in [0, 0.1) is 0 Å². The first kappa shape index (κ1) is 13.3. The van der Waals surface area contributed by atoms with Crippen LogP contribution in [0.3, 0.4) is 0 Å². The van der Waals surface area contributed by atoms with Gasteiger partial charge in [-0.25, -0.2) is 4.98 Å². The third kappa shape index (κ3) is 2.70. The molecule has 0 bridgehead atoms. The molecule has 1 aliphatic heterocycles. The van der Waals surface area contributed by atoms with E-state index in [1.165, 1.54) is 57.4 Å². The Balaban J connectivity index is 1.52. The molecule has 0 aromatic carbocycles.